The third-order valence-electron chi connectivity index (χ3n) is 2.55. The van der Waals surface area contributed by atoms with Crippen molar-refractivity contribution in [3.63, 3.8) is 0 Å². The van der Waals surface area contributed by atoms with Crippen molar-refractivity contribution < 1.29 is 13.2 Å². The molecule has 12 heavy (non-hydrogen) atoms. The van der Waals surface area contributed by atoms with E-state index in [-0.39, 0.29) is 17.0 Å². The molecular weight excluding hydrogens is 176 g/mol. The molecule has 70 valence electrons. The van der Waals surface area contributed by atoms with E-state index >= 15 is 0 Å². The second kappa shape index (κ2) is 2.83. The van der Waals surface area contributed by atoms with Crippen molar-refractivity contribution in [1.29, 1.82) is 0 Å². The van der Waals surface area contributed by atoms with Gasteiger partial charge in [-0.05, 0) is 26.2 Å². The standard InChI is InChI=1S/C8H14O3S/c1-7(9)8(3-4-8)5-6-12(2,10)11/h3-6H2,1-2H3. The van der Waals surface area contributed by atoms with Crippen LogP contribution in [0.15, 0.2) is 0 Å². The van der Waals surface area contributed by atoms with E-state index in [1.165, 1.54) is 6.26 Å². The van der Waals surface area contributed by atoms with E-state index in [1.807, 2.05) is 0 Å². The van der Waals surface area contributed by atoms with Crippen LogP contribution in [0.1, 0.15) is 26.2 Å². The van der Waals surface area contributed by atoms with E-state index in [4.69, 9.17) is 0 Å². The molecule has 0 amide bonds. The lowest BCUT2D eigenvalue weighted by atomic mass is 9.99. The Morgan fingerprint density at radius 3 is 2.17 bits per heavy atom. The Labute approximate surface area is 73.1 Å². The molecule has 0 aliphatic heterocycles. The van der Waals surface area contributed by atoms with E-state index < -0.39 is 9.84 Å². The van der Waals surface area contributed by atoms with Gasteiger partial charge in [-0.15, -0.1) is 0 Å². The molecule has 1 aliphatic carbocycles. The molecule has 0 atom stereocenters. The highest BCUT2D eigenvalue weighted by Crippen LogP contribution is 2.49. The highest BCUT2D eigenvalue weighted by Gasteiger charge is 2.46. The van der Waals surface area contributed by atoms with Crippen LogP contribution in [0, 0.1) is 5.41 Å². The van der Waals surface area contributed by atoms with Crippen molar-refractivity contribution >= 4 is 15.6 Å². The number of Topliss-reactive ketones (excluding diaryl/α,β-unsaturated/α-hetero) is 1. The van der Waals surface area contributed by atoms with Crippen molar-refractivity contribution in [2.75, 3.05) is 12.0 Å². The third-order valence-corrected chi connectivity index (χ3v) is 3.50. The molecule has 0 N–H and O–H groups in total. The monoisotopic (exact) mass is 190 g/mol. The zero-order chi connectivity index (χ0) is 9.41. The second-order valence-electron chi connectivity index (χ2n) is 3.72. The lowest BCUT2D eigenvalue weighted by Gasteiger charge is -2.08. The van der Waals surface area contributed by atoms with Gasteiger partial charge in [0.05, 0.1) is 5.75 Å². The van der Waals surface area contributed by atoms with Crippen LogP contribution in [0.2, 0.25) is 0 Å². The fraction of sp³-hybridized carbons (Fsp3) is 0.875. The summed E-state index contributed by atoms with van der Waals surface area (Å²) in [5, 5.41) is 0. The third kappa shape index (κ3) is 2.30. The van der Waals surface area contributed by atoms with Gasteiger partial charge < -0.3 is 0 Å². The Hall–Kier alpha value is -0.380. The number of carbonyl (C=O) groups is 1. The first-order valence-corrected chi connectivity index (χ1v) is 6.11. The summed E-state index contributed by atoms with van der Waals surface area (Å²) in [7, 11) is -2.90. The van der Waals surface area contributed by atoms with Crippen molar-refractivity contribution in [3.05, 3.63) is 0 Å². The molecule has 1 saturated carbocycles. The number of carbonyl (C=O) groups excluding carboxylic acids is 1. The van der Waals surface area contributed by atoms with Gasteiger partial charge in [-0.3, -0.25) is 4.79 Å². The fourth-order valence-electron chi connectivity index (χ4n) is 1.31. The second-order valence-corrected chi connectivity index (χ2v) is 5.98. The highest BCUT2D eigenvalue weighted by atomic mass is 32.2. The van der Waals surface area contributed by atoms with Gasteiger partial charge in [0.1, 0.15) is 15.6 Å². The van der Waals surface area contributed by atoms with Crippen LogP contribution in [0.4, 0.5) is 0 Å². The molecule has 3 nitrogen and oxygen atoms in total. The lowest BCUT2D eigenvalue weighted by molar-refractivity contribution is -0.122. The van der Waals surface area contributed by atoms with Gasteiger partial charge in [-0.1, -0.05) is 0 Å². The maximum atomic E-state index is 11.1. The highest BCUT2D eigenvalue weighted by molar-refractivity contribution is 7.90. The Bertz CT molecular complexity index is 285. The summed E-state index contributed by atoms with van der Waals surface area (Å²) in [6.45, 7) is 1.55. The molecule has 0 aromatic heterocycles. The molecule has 0 spiro atoms. The number of ketones is 1. The summed E-state index contributed by atoms with van der Waals surface area (Å²) < 4.78 is 21.6. The molecule has 0 heterocycles. The molecule has 0 saturated heterocycles. The van der Waals surface area contributed by atoms with E-state index in [1.54, 1.807) is 6.92 Å². The van der Waals surface area contributed by atoms with Crippen molar-refractivity contribution in [3.8, 4) is 0 Å². The first-order valence-electron chi connectivity index (χ1n) is 4.05. The van der Waals surface area contributed by atoms with Crippen LogP contribution in [0.5, 0.6) is 0 Å². The average molecular weight is 190 g/mol. The van der Waals surface area contributed by atoms with Gasteiger partial charge in [0.25, 0.3) is 0 Å². The van der Waals surface area contributed by atoms with Gasteiger partial charge >= 0.3 is 0 Å². The van der Waals surface area contributed by atoms with Crippen molar-refractivity contribution in [2.24, 2.45) is 5.41 Å². The van der Waals surface area contributed by atoms with Crippen LogP contribution in [-0.2, 0) is 14.6 Å². The van der Waals surface area contributed by atoms with E-state index in [0.29, 0.717) is 6.42 Å². The minimum Gasteiger partial charge on any atom is -0.299 e. The molecule has 1 rings (SSSR count). The SMILES string of the molecule is CC(=O)C1(CCS(C)(=O)=O)CC1. The van der Waals surface area contributed by atoms with E-state index in [0.717, 1.165) is 12.8 Å². The summed E-state index contributed by atoms with van der Waals surface area (Å²) in [5.74, 6) is 0.290. The van der Waals surface area contributed by atoms with Gasteiger partial charge in [-0.25, -0.2) is 8.42 Å². The predicted octanol–water partition coefficient (Wildman–Crippen LogP) is 0.790. The Balaban J connectivity index is 2.48. The first kappa shape index (κ1) is 9.71. The zero-order valence-corrected chi connectivity index (χ0v) is 8.28. The quantitative estimate of drug-likeness (QED) is 0.658. The smallest absolute Gasteiger partial charge is 0.147 e. The van der Waals surface area contributed by atoms with Crippen LogP contribution in [0.3, 0.4) is 0 Å². The molecule has 4 heteroatoms. The number of hydrogen-bond acceptors (Lipinski definition) is 3. The lowest BCUT2D eigenvalue weighted by Crippen LogP contribution is -2.16. The maximum Gasteiger partial charge on any atom is 0.147 e. The topological polar surface area (TPSA) is 51.2 Å². The first-order chi connectivity index (χ1) is 5.36. The number of rotatable bonds is 4. The minimum absolute atomic E-state index is 0.145. The van der Waals surface area contributed by atoms with Crippen LogP contribution < -0.4 is 0 Å². The Morgan fingerprint density at radius 1 is 1.42 bits per heavy atom. The number of sulfone groups is 1. The van der Waals surface area contributed by atoms with Crippen LogP contribution >= 0.6 is 0 Å². The zero-order valence-electron chi connectivity index (χ0n) is 7.46. The fourth-order valence-corrected chi connectivity index (χ4v) is 2.07. The van der Waals surface area contributed by atoms with E-state index in [9.17, 15) is 13.2 Å². The Morgan fingerprint density at radius 2 is 1.92 bits per heavy atom. The molecule has 1 fully saturated rings. The van der Waals surface area contributed by atoms with E-state index in [2.05, 4.69) is 0 Å². The van der Waals surface area contributed by atoms with Crippen LogP contribution in [-0.4, -0.2) is 26.2 Å². The van der Waals surface area contributed by atoms with Crippen molar-refractivity contribution in [1.82, 2.24) is 0 Å². The molecule has 0 aromatic carbocycles. The molecule has 1 aliphatic rings. The minimum atomic E-state index is -2.90. The molecule has 0 bridgehead atoms. The normalized spacial score (nSPS) is 20.5. The molecule has 0 aromatic rings. The number of hydrogen-bond donors (Lipinski definition) is 0. The molecule has 0 unspecified atom stereocenters. The summed E-state index contributed by atoms with van der Waals surface area (Å²) in [5.41, 5.74) is -0.261. The van der Waals surface area contributed by atoms with Crippen molar-refractivity contribution in [2.45, 2.75) is 26.2 Å². The summed E-state index contributed by atoms with van der Waals surface area (Å²) in [4.78, 5) is 11.1. The predicted molar refractivity (Wildman–Crippen MR) is 46.7 cm³/mol. The van der Waals surface area contributed by atoms with Gasteiger partial charge in [0, 0.05) is 11.7 Å². The van der Waals surface area contributed by atoms with Crippen LogP contribution in [0.25, 0.3) is 0 Å². The van der Waals surface area contributed by atoms with Gasteiger partial charge in [0.2, 0.25) is 0 Å². The largest absolute Gasteiger partial charge is 0.299 e. The summed E-state index contributed by atoms with van der Waals surface area (Å²) in [6, 6.07) is 0. The summed E-state index contributed by atoms with van der Waals surface area (Å²) >= 11 is 0. The molecular formula is C8H14O3S. The Kier molecular flexibility index (Phi) is 2.29. The van der Waals surface area contributed by atoms with Gasteiger partial charge in [-0.2, -0.15) is 0 Å². The maximum absolute atomic E-state index is 11.1. The summed E-state index contributed by atoms with van der Waals surface area (Å²) in [6.07, 6.45) is 3.47. The molecule has 0 radical (unpaired) electrons. The van der Waals surface area contributed by atoms with Gasteiger partial charge in [0.15, 0.2) is 0 Å². The average Bonchev–Trinajstić information content (AvgIpc) is 2.61.